The Balaban J connectivity index is 2.34. The molecule has 0 aromatic rings. The first-order valence-corrected chi connectivity index (χ1v) is 3.40. The summed E-state index contributed by atoms with van der Waals surface area (Å²) in [6.45, 7) is 2.92. The lowest BCUT2D eigenvalue weighted by molar-refractivity contribution is 0.0144. The lowest BCUT2D eigenvalue weighted by Crippen LogP contribution is -2.21. The Morgan fingerprint density at radius 2 is 2.44 bits per heavy atom. The fourth-order valence-electron chi connectivity index (χ4n) is 1.15. The van der Waals surface area contributed by atoms with Gasteiger partial charge in [0.2, 0.25) is 0 Å². The molecule has 0 aliphatic carbocycles. The predicted molar refractivity (Wildman–Crippen MR) is 37.0 cm³/mol. The van der Waals surface area contributed by atoms with E-state index in [1.54, 1.807) is 0 Å². The molecule has 0 spiro atoms. The quantitative estimate of drug-likeness (QED) is 0.444. The maximum absolute atomic E-state index is 5.31. The Bertz CT molecular complexity index is 123. The van der Waals surface area contributed by atoms with Crippen LogP contribution in [0.1, 0.15) is 19.8 Å². The zero-order valence-corrected chi connectivity index (χ0v) is 5.76. The van der Waals surface area contributed by atoms with Crippen molar-refractivity contribution in [1.29, 1.82) is 0 Å². The monoisotopic (exact) mass is 124 g/mol. The fourth-order valence-corrected chi connectivity index (χ4v) is 1.15. The molecule has 1 nitrogen and oxygen atoms in total. The van der Waals surface area contributed by atoms with Gasteiger partial charge in [0.05, 0.1) is 6.10 Å². The summed E-state index contributed by atoms with van der Waals surface area (Å²) in [7, 11) is 0. The second-order valence-electron chi connectivity index (χ2n) is 2.57. The second-order valence-corrected chi connectivity index (χ2v) is 2.57. The van der Waals surface area contributed by atoms with Gasteiger partial charge in [0.25, 0.3) is 0 Å². The van der Waals surface area contributed by atoms with Crippen LogP contribution in [0.15, 0.2) is 0 Å². The van der Waals surface area contributed by atoms with Crippen LogP contribution in [0.4, 0.5) is 0 Å². The van der Waals surface area contributed by atoms with Crippen molar-refractivity contribution >= 4 is 0 Å². The van der Waals surface area contributed by atoms with E-state index in [-0.39, 0.29) is 0 Å². The molecule has 0 N–H and O–H groups in total. The predicted octanol–water partition coefficient (Wildman–Crippen LogP) is 1.43. The molecule has 1 aliphatic heterocycles. The van der Waals surface area contributed by atoms with E-state index in [0.29, 0.717) is 12.0 Å². The molecular weight excluding hydrogens is 112 g/mol. The second kappa shape index (κ2) is 2.89. The largest absolute Gasteiger partial charge is 0.378 e. The highest BCUT2D eigenvalue weighted by molar-refractivity contribution is 4.94. The molecule has 0 aromatic carbocycles. The zero-order chi connectivity index (χ0) is 6.69. The molecule has 1 rings (SSSR count). The zero-order valence-electron chi connectivity index (χ0n) is 5.76. The Labute approximate surface area is 56.4 Å². The van der Waals surface area contributed by atoms with E-state index in [1.165, 1.54) is 0 Å². The smallest absolute Gasteiger partial charge is 0.0558 e. The van der Waals surface area contributed by atoms with E-state index in [2.05, 4.69) is 12.8 Å². The van der Waals surface area contributed by atoms with Gasteiger partial charge >= 0.3 is 0 Å². The van der Waals surface area contributed by atoms with Gasteiger partial charge in [0, 0.05) is 12.5 Å². The summed E-state index contributed by atoms with van der Waals surface area (Å²) in [5.74, 6) is 3.22. The van der Waals surface area contributed by atoms with Crippen molar-refractivity contribution in [3.63, 3.8) is 0 Å². The summed E-state index contributed by atoms with van der Waals surface area (Å²) in [4.78, 5) is 0. The van der Waals surface area contributed by atoms with Gasteiger partial charge in [0.15, 0.2) is 0 Å². The molecule has 50 valence electrons. The van der Waals surface area contributed by atoms with E-state index < -0.39 is 0 Å². The van der Waals surface area contributed by atoms with Gasteiger partial charge in [-0.1, -0.05) is 0 Å². The number of terminal acetylenes is 1. The molecule has 1 aliphatic rings. The van der Waals surface area contributed by atoms with Crippen molar-refractivity contribution in [2.45, 2.75) is 25.9 Å². The van der Waals surface area contributed by atoms with Crippen LogP contribution < -0.4 is 0 Å². The minimum absolute atomic E-state index is 0.375. The van der Waals surface area contributed by atoms with Crippen LogP contribution in [0.2, 0.25) is 0 Å². The van der Waals surface area contributed by atoms with Gasteiger partial charge in [-0.2, -0.15) is 0 Å². The van der Waals surface area contributed by atoms with Crippen molar-refractivity contribution < 1.29 is 4.74 Å². The van der Waals surface area contributed by atoms with Crippen LogP contribution in [-0.4, -0.2) is 12.7 Å². The van der Waals surface area contributed by atoms with Crippen LogP contribution in [-0.2, 0) is 4.74 Å². The minimum Gasteiger partial charge on any atom is -0.378 e. The fraction of sp³-hybridized carbons (Fsp3) is 0.750. The average Bonchev–Trinajstić information content (AvgIpc) is 1.88. The third kappa shape index (κ3) is 1.73. The SMILES string of the molecule is C#CC1CCOC(C)C1. The number of ether oxygens (including phenoxy) is 1. The molecule has 2 unspecified atom stereocenters. The molecule has 1 fully saturated rings. The van der Waals surface area contributed by atoms with Crippen LogP contribution in [0.5, 0.6) is 0 Å². The summed E-state index contributed by atoms with van der Waals surface area (Å²) in [6.07, 6.45) is 7.72. The lowest BCUT2D eigenvalue weighted by Gasteiger charge is -2.23. The summed E-state index contributed by atoms with van der Waals surface area (Å²) in [6, 6.07) is 0. The van der Waals surface area contributed by atoms with E-state index in [0.717, 1.165) is 19.4 Å². The van der Waals surface area contributed by atoms with Gasteiger partial charge in [-0.3, -0.25) is 0 Å². The average molecular weight is 124 g/mol. The van der Waals surface area contributed by atoms with E-state index in [1.807, 2.05) is 0 Å². The Hall–Kier alpha value is -0.480. The highest BCUT2D eigenvalue weighted by atomic mass is 16.5. The molecule has 2 atom stereocenters. The first-order chi connectivity index (χ1) is 4.33. The molecular formula is C8H12O. The molecule has 0 saturated carbocycles. The van der Waals surface area contributed by atoms with Crippen LogP contribution in [0.25, 0.3) is 0 Å². The van der Waals surface area contributed by atoms with Crippen molar-refractivity contribution in [3.8, 4) is 12.3 Å². The van der Waals surface area contributed by atoms with Crippen LogP contribution in [0.3, 0.4) is 0 Å². The van der Waals surface area contributed by atoms with E-state index in [4.69, 9.17) is 11.2 Å². The maximum Gasteiger partial charge on any atom is 0.0558 e. The van der Waals surface area contributed by atoms with Crippen LogP contribution >= 0.6 is 0 Å². The summed E-state index contributed by atoms with van der Waals surface area (Å²) < 4.78 is 5.31. The number of hydrogen-bond donors (Lipinski definition) is 0. The molecule has 9 heavy (non-hydrogen) atoms. The number of rotatable bonds is 0. The molecule has 0 radical (unpaired) electrons. The number of hydrogen-bond acceptors (Lipinski definition) is 1. The maximum atomic E-state index is 5.31. The third-order valence-corrected chi connectivity index (χ3v) is 1.72. The van der Waals surface area contributed by atoms with Crippen molar-refractivity contribution in [3.05, 3.63) is 0 Å². The van der Waals surface area contributed by atoms with Gasteiger partial charge in [-0.05, 0) is 19.8 Å². The normalized spacial score (nSPS) is 35.6. The molecule has 1 heterocycles. The first-order valence-electron chi connectivity index (χ1n) is 3.40. The lowest BCUT2D eigenvalue weighted by atomic mass is 9.97. The molecule has 1 saturated heterocycles. The first kappa shape index (κ1) is 6.64. The molecule has 0 bridgehead atoms. The van der Waals surface area contributed by atoms with Gasteiger partial charge in [-0.25, -0.2) is 0 Å². The highest BCUT2D eigenvalue weighted by Gasteiger charge is 2.16. The van der Waals surface area contributed by atoms with Gasteiger partial charge < -0.3 is 4.74 Å². The molecule has 0 amide bonds. The standard InChI is InChI=1S/C8H12O/c1-3-8-4-5-9-7(2)6-8/h1,7-8H,4-6H2,2H3. The van der Waals surface area contributed by atoms with E-state index >= 15 is 0 Å². The third-order valence-electron chi connectivity index (χ3n) is 1.72. The highest BCUT2D eigenvalue weighted by Crippen LogP contribution is 2.18. The van der Waals surface area contributed by atoms with Crippen molar-refractivity contribution in [1.82, 2.24) is 0 Å². The molecule has 1 heteroatoms. The summed E-state index contributed by atoms with van der Waals surface area (Å²) in [5.41, 5.74) is 0. The van der Waals surface area contributed by atoms with Crippen molar-refractivity contribution in [2.24, 2.45) is 5.92 Å². The molecule has 0 aromatic heterocycles. The van der Waals surface area contributed by atoms with Crippen molar-refractivity contribution in [2.75, 3.05) is 6.61 Å². The Morgan fingerprint density at radius 3 is 2.89 bits per heavy atom. The van der Waals surface area contributed by atoms with Crippen LogP contribution in [0, 0.1) is 18.3 Å². The minimum atomic E-state index is 0.375. The topological polar surface area (TPSA) is 9.23 Å². The Morgan fingerprint density at radius 1 is 1.67 bits per heavy atom. The summed E-state index contributed by atoms with van der Waals surface area (Å²) in [5, 5.41) is 0. The summed E-state index contributed by atoms with van der Waals surface area (Å²) >= 11 is 0. The Kier molecular flexibility index (Phi) is 2.13. The van der Waals surface area contributed by atoms with Gasteiger partial charge in [-0.15, -0.1) is 12.3 Å². The van der Waals surface area contributed by atoms with E-state index in [9.17, 15) is 0 Å². The van der Waals surface area contributed by atoms with Gasteiger partial charge in [0.1, 0.15) is 0 Å².